The smallest absolute Gasteiger partial charge is 0.326 e. The number of carbonyl (C=O) groups is 2. The number of carboxylic acids is 1. The van der Waals surface area contributed by atoms with Crippen LogP contribution in [0, 0.1) is 5.92 Å². The zero-order valence-electron chi connectivity index (χ0n) is 10.1. The standard InChI is InChI=1S/C12H17NO3S/c1-7(2)10(12(15)16)13-11(14)8(3)9-4-5-17-6-9/h4-8,10H,1-3H3,(H,13,14)(H,15,16)/t8?,10-/m0/s1. The summed E-state index contributed by atoms with van der Waals surface area (Å²) in [5, 5.41) is 15.4. The summed E-state index contributed by atoms with van der Waals surface area (Å²) in [6, 6.07) is 1.05. The molecule has 0 aliphatic carbocycles. The highest BCUT2D eigenvalue weighted by Crippen LogP contribution is 2.18. The molecule has 0 spiro atoms. The molecular weight excluding hydrogens is 238 g/mol. The van der Waals surface area contributed by atoms with Crippen LogP contribution in [-0.4, -0.2) is 23.0 Å². The van der Waals surface area contributed by atoms with E-state index >= 15 is 0 Å². The highest BCUT2D eigenvalue weighted by atomic mass is 32.1. The lowest BCUT2D eigenvalue weighted by molar-refractivity contribution is -0.143. The van der Waals surface area contributed by atoms with Crippen molar-refractivity contribution in [3.8, 4) is 0 Å². The Morgan fingerprint density at radius 3 is 2.41 bits per heavy atom. The summed E-state index contributed by atoms with van der Waals surface area (Å²) in [4.78, 5) is 22.9. The molecule has 1 heterocycles. The molecule has 1 unspecified atom stereocenters. The molecule has 0 saturated carbocycles. The first-order valence-electron chi connectivity index (χ1n) is 5.48. The van der Waals surface area contributed by atoms with E-state index in [1.165, 1.54) is 11.3 Å². The van der Waals surface area contributed by atoms with Crippen LogP contribution in [0.5, 0.6) is 0 Å². The van der Waals surface area contributed by atoms with Crippen molar-refractivity contribution in [2.45, 2.75) is 32.7 Å². The van der Waals surface area contributed by atoms with Crippen LogP contribution in [0.25, 0.3) is 0 Å². The number of hydrogen-bond donors (Lipinski definition) is 2. The van der Waals surface area contributed by atoms with Gasteiger partial charge in [0, 0.05) is 0 Å². The van der Waals surface area contributed by atoms with Crippen molar-refractivity contribution in [3.05, 3.63) is 22.4 Å². The number of nitrogens with one attached hydrogen (secondary N) is 1. The van der Waals surface area contributed by atoms with Gasteiger partial charge < -0.3 is 10.4 Å². The maximum atomic E-state index is 11.9. The second-order valence-electron chi connectivity index (χ2n) is 4.35. The Hall–Kier alpha value is -1.36. The Bertz CT molecular complexity index is 386. The van der Waals surface area contributed by atoms with E-state index in [0.29, 0.717) is 0 Å². The zero-order chi connectivity index (χ0) is 13.0. The Morgan fingerprint density at radius 2 is 2.00 bits per heavy atom. The van der Waals surface area contributed by atoms with E-state index in [0.717, 1.165) is 5.56 Å². The molecule has 0 fully saturated rings. The molecule has 0 aliphatic rings. The van der Waals surface area contributed by atoms with Gasteiger partial charge in [-0.2, -0.15) is 11.3 Å². The first-order valence-corrected chi connectivity index (χ1v) is 6.43. The number of thiophene rings is 1. The number of aliphatic carboxylic acids is 1. The van der Waals surface area contributed by atoms with E-state index in [4.69, 9.17) is 5.11 Å². The van der Waals surface area contributed by atoms with Gasteiger partial charge in [0.15, 0.2) is 0 Å². The molecule has 0 saturated heterocycles. The van der Waals surface area contributed by atoms with Crippen molar-refractivity contribution in [2.75, 3.05) is 0 Å². The lowest BCUT2D eigenvalue weighted by Crippen LogP contribution is -2.45. The summed E-state index contributed by atoms with van der Waals surface area (Å²) < 4.78 is 0. The van der Waals surface area contributed by atoms with E-state index < -0.39 is 12.0 Å². The highest BCUT2D eigenvalue weighted by Gasteiger charge is 2.26. The normalized spacial score (nSPS) is 14.4. The van der Waals surface area contributed by atoms with Crippen LogP contribution in [0.3, 0.4) is 0 Å². The second-order valence-corrected chi connectivity index (χ2v) is 5.13. The maximum Gasteiger partial charge on any atom is 0.326 e. The van der Waals surface area contributed by atoms with Gasteiger partial charge in [0.05, 0.1) is 5.92 Å². The van der Waals surface area contributed by atoms with Crippen LogP contribution >= 0.6 is 11.3 Å². The number of hydrogen-bond acceptors (Lipinski definition) is 3. The predicted molar refractivity (Wildman–Crippen MR) is 67.1 cm³/mol. The first-order chi connectivity index (χ1) is 7.93. The predicted octanol–water partition coefficient (Wildman–Crippen LogP) is 2.08. The topological polar surface area (TPSA) is 66.4 Å². The third-order valence-electron chi connectivity index (χ3n) is 2.67. The number of rotatable bonds is 5. The van der Waals surface area contributed by atoms with Crippen molar-refractivity contribution in [1.29, 1.82) is 0 Å². The molecule has 0 radical (unpaired) electrons. The average molecular weight is 255 g/mol. The van der Waals surface area contributed by atoms with Crippen LogP contribution in [-0.2, 0) is 9.59 Å². The molecule has 2 N–H and O–H groups in total. The van der Waals surface area contributed by atoms with Crippen LogP contribution in [0.15, 0.2) is 16.8 Å². The van der Waals surface area contributed by atoms with Gasteiger partial charge in [-0.1, -0.05) is 13.8 Å². The quantitative estimate of drug-likeness (QED) is 0.846. The van der Waals surface area contributed by atoms with Crippen LogP contribution in [0.1, 0.15) is 32.3 Å². The molecule has 1 amide bonds. The SMILES string of the molecule is CC(C(=O)N[C@H](C(=O)O)C(C)C)c1ccsc1. The van der Waals surface area contributed by atoms with Crippen LogP contribution in [0.2, 0.25) is 0 Å². The monoisotopic (exact) mass is 255 g/mol. The number of amides is 1. The maximum absolute atomic E-state index is 11.9. The fourth-order valence-corrected chi connectivity index (χ4v) is 2.22. The third-order valence-corrected chi connectivity index (χ3v) is 3.37. The summed E-state index contributed by atoms with van der Waals surface area (Å²) in [6.07, 6.45) is 0. The van der Waals surface area contributed by atoms with Crippen molar-refractivity contribution < 1.29 is 14.7 Å². The van der Waals surface area contributed by atoms with Gasteiger partial charge in [0.1, 0.15) is 6.04 Å². The molecule has 2 atom stereocenters. The van der Waals surface area contributed by atoms with Crippen molar-refractivity contribution >= 4 is 23.2 Å². The average Bonchev–Trinajstić information content (AvgIpc) is 2.76. The summed E-state index contributed by atoms with van der Waals surface area (Å²) >= 11 is 1.52. The zero-order valence-corrected chi connectivity index (χ0v) is 11.0. The fraction of sp³-hybridized carbons (Fsp3) is 0.500. The molecule has 94 valence electrons. The largest absolute Gasteiger partial charge is 0.480 e. The van der Waals surface area contributed by atoms with Gasteiger partial charge in [0.25, 0.3) is 0 Å². The molecular formula is C12H17NO3S. The van der Waals surface area contributed by atoms with Gasteiger partial charge in [-0.3, -0.25) is 4.79 Å². The van der Waals surface area contributed by atoms with Crippen molar-refractivity contribution in [3.63, 3.8) is 0 Å². The van der Waals surface area contributed by atoms with Crippen molar-refractivity contribution in [2.24, 2.45) is 5.92 Å². The minimum absolute atomic E-state index is 0.133. The Morgan fingerprint density at radius 1 is 1.35 bits per heavy atom. The third kappa shape index (κ3) is 3.56. The molecule has 0 bridgehead atoms. The minimum Gasteiger partial charge on any atom is -0.480 e. The van der Waals surface area contributed by atoms with Gasteiger partial charge >= 0.3 is 5.97 Å². The summed E-state index contributed by atoms with van der Waals surface area (Å²) in [6.45, 7) is 5.32. The van der Waals surface area contributed by atoms with Gasteiger partial charge in [-0.15, -0.1) is 0 Å². The Balaban J connectivity index is 2.68. The van der Waals surface area contributed by atoms with E-state index in [9.17, 15) is 9.59 Å². The summed E-state index contributed by atoms with van der Waals surface area (Å²) in [7, 11) is 0. The van der Waals surface area contributed by atoms with E-state index in [1.54, 1.807) is 20.8 Å². The van der Waals surface area contributed by atoms with Crippen molar-refractivity contribution in [1.82, 2.24) is 5.32 Å². The lowest BCUT2D eigenvalue weighted by Gasteiger charge is -2.20. The van der Waals surface area contributed by atoms with E-state index in [1.807, 2.05) is 16.8 Å². The molecule has 1 aromatic rings. The first kappa shape index (κ1) is 13.7. The molecule has 4 nitrogen and oxygen atoms in total. The van der Waals surface area contributed by atoms with Gasteiger partial charge in [-0.05, 0) is 35.2 Å². The molecule has 17 heavy (non-hydrogen) atoms. The number of carbonyl (C=O) groups excluding carboxylic acids is 1. The van der Waals surface area contributed by atoms with Gasteiger partial charge in [-0.25, -0.2) is 4.79 Å². The van der Waals surface area contributed by atoms with Crippen LogP contribution in [0.4, 0.5) is 0 Å². The molecule has 0 aliphatic heterocycles. The second kappa shape index (κ2) is 5.82. The fourth-order valence-electron chi connectivity index (χ4n) is 1.46. The van der Waals surface area contributed by atoms with E-state index in [2.05, 4.69) is 5.32 Å². The molecule has 1 rings (SSSR count). The molecule has 5 heteroatoms. The summed E-state index contributed by atoms with van der Waals surface area (Å²) in [5.41, 5.74) is 0.917. The molecule has 1 aromatic heterocycles. The summed E-state index contributed by atoms with van der Waals surface area (Å²) in [5.74, 6) is -1.69. The highest BCUT2D eigenvalue weighted by molar-refractivity contribution is 7.08. The van der Waals surface area contributed by atoms with E-state index in [-0.39, 0.29) is 17.7 Å². The lowest BCUT2D eigenvalue weighted by atomic mass is 10.0. The van der Waals surface area contributed by atoms with Crippen LogP contribution < -0.4 is 5.32 Å². The number of carboxylic acid groups (broad SMARTS) is 1. The molecule has 0 aromatic carbocycles. The minimum atomic E-state index is -0.995. The Labute approximate surface area is 105 Å². The van der Waals surface area contributed by atoms with Gasteiger partial charge in [0.2, 0.25) is 5.91 Å². The Kier molecular flexibility index (Phi) is 4.69.